The summed E-state index contributed by atoms with van der Waals surface area (Å²) in [6.45, 7) is 7.03. The number of carbonyl (C=O) groups is 1. The maximum absolute atomic E-state index is 12.3. The van der Waals surface area contributed by atoms with Gasteiger partial charge in [0, 0.05) is 6.61 Å². The quantitative estimate of drug-likeness (QED) is 0.927. The summed E-state index contributed by atoms with van der Waals surface area (Å²) in [7, 11) is 0. The molecule has 2 rings (SSSR count). The van der Waals surface area contributed by atoms with E-state index in [1.807, 2.05) is 20.8 Å². The fourth-order valence-electron chi connectivity index (χ4n) is 2.97. The van der Waals surface area contributed by atoms with Crippen LogP contribution in [0.2, 0.25) is 0 Å². The lowest BCUT2D eigenvalue weighted by Crippen LogP contribution is -2.53. The number of rotatable bonds is 3. The van der Waals surface area contributed by atoms with Gasteiger partial charge in [-0.25, -0.2) is 0 Å². The molecule has 4 nitrogen and oxygen atoms in total. The Kier molecular flexibility index (Phi) is 4.64. The summed E-state index contributed by atoms with van der Waals surface area (Å²) >= 11 is 0. The first kappa shape index (κ1) is 15.5. The van der Waals surface area contributed by atoms with Gasteiger partial charge in [0.15, 0.2) is 5.54 Å². The van der Waals surface area contributed by atoms with Crippen molar-refractivity contribution in [2.45, 2.75) is 45.6 Å². The van der Waals surface area contributed by atoms with Crippen molar-refractivity contribution in [2.75, 3.05) is 13.2 Å². The van der Waals surface area contributed by atoms with E-state index in [2.05, 4.69) is 23.5 Å². The van der Waals surface area contributed by atoms with Gasteiger partial charge in [-0.3, -0.25) is 4.79 Å². The Balaban J connectivity index is 2.10. The molecule has 1 N–H and O–H groups in total. The molecule has 1 amide bonds. The van der Waals surface area contributed by atoms with Gasteiger partial charge in [-0.1, -0.05) is 17.7 Å². The zero-order chi connectivity index (χ0) is 15.5. The molecule has 0 saturated carbocycles. The predicted molar refractivity (Wildman–Crippen MR) is 80.9 cm³/mol. The molecule has 1 fully saturated rings. The minimum absolute atomic E-state index is 0.114. The molecule has 0 spiro atoms. The third-order valence-corrected chi connectivity index (χ3v) is 4.01. The van der Waals surface area contributed by atoms with Crippen LogP contribution >= 0.6 is 0 Å². The second kappa shape index (κ2) is 6.28. The van der Waals surface area contributed by atoms with Crippen molar-refractivity contribution in [3.63, 3.8) is 0 Å². The molecule has 1 aromatic rings. The fraction of sp³-hybridized carbons (Fsp3) is 0.529. The maximum atomic E-state index is 12.3. The number of carbonyl (C=O) groups excluding carboxylic acids is 1. The first-order chi connectivity index (χ1) is 9.96. The molecule has 1 unspecified atom stereocenters. The summed E-state index contributed by atoms with van der Waals surface area (Å²) in [5, 5.41) is 12.2. The minimum atomic E-state index is -0.859. The second-order valence-electron chi connectivity index (χ2n) is 5.95. The van der Waals surface area contributed by atoms with Gasteiger partial charge in [0.25, 0.3) is 0 Å². The number of nitrogens with zero attached hydrogens (tertiary/aromatic N) is 1. The Bertz CT molecular complexity index is 558. The van der Waals surface area contributed by atoms with Gasteiger partial charge in [-0.15, -0.1) is 0 Å². The lowest BCUT2D eigenvalue weighted by atomic mass is 9.92. The third kappa shape index (κ3) is 3.62. The van der Waals surface area contributed by atoms with E-state index in [-0.39, 0.29) is 12.5 Å². The first-order valence-electron chi connectivity index (χ1n) is 7.32. The van der Waals surface area contributed by atoms with Gasteiger partial charge in [-0.05, 0) is 50.3 Å². The highest BCUT2D eigenvalue weighted by Gasteiger charge is 2.34. The molecule has 1 atom stereocenters. The van der Waals surface area contributed by atoms with Gasteiger partial charge < -0.3 is 10.1 Å². The van der Waals surface area contributed by atoms with Crippen LogP contribution in [0.3, 0.4) is 0 Å². The van der Waals surface area contributed by atoms with Crippen LogP contribution < -0.4 is 5.32 Å². The average Bonchev–Trinajstić information content (AvgIpc) is 2.44. The number of hydrogen-bond donors (Lipinski definition) is 1. The lowest BCUT2D eigenvalue weighted by molar-refractivity contribution is -0.123. The summed E-state index contributed by atoms with van der Waals surface area (Å²) in [5.74, 6) is -0.114. The number of aryl methyl sites for hydroxylation is 3. The topological polar surface area (TPSA) is 62.1 Å². The van der Waals surface area contributed by atoms with Gasteiger partial charge in [0.2, 0.25) is 5.91 Å². The molecule has 0 aromatic heterocycles. The molecule has 1 aliphatic rings. The number of benzene rings is 1. The van der Waals surface area contributed by atoms with E-state index in [0.29, 0.717) is 19.4 Å². The molecule has 0 aliphatic carbocycles. The number of nitrogens with one attached hydrogen (secondary N) is 1. The van der Waals surface area contributed by atoms with Crippen molar-refractivity contribution in [1.82, 2.24) is 5.32 Å². The molecule has 0 radical (unpaired) electrons. The van der Waals surface area contributed by atoms with Crippen LogP contribution in [-0.2, 0) is 16.0 Å². The Morgan fingerprint density at radius 3 is 2.57 bits per heavy atom. The highest BCUT2D eigenvalue weighted by molar-refractivity contribution is 5.80. The average molecular weight is 286 g/mol. The maximum Gasteiger partial charge on any atom is 0.225 e. The highest BCUT2D eigenvalue weighted by atomic mass is 16.5. The number of amides is 1. The third-order valence-electron chi connectivity index (χ3n) is 4.01. The van der Waals surface area contributed by atoms with Gasteiger partial charge in [0.05, 0.1) is 19.1 Å². The van der Waals surface area contributed by atoms with Crippen LogP contribution in [0.15, 0.2) is 12.1 Å². The summed E-state index contributed by atoms with van der Waals surface area (Å²) in [4.78, 5) is 12.3. The molecular weight excluding hydrogens is 264 g/mol. The molecule has 112 valence electrons. The highest BCUT2D eigenvalue weighted by Crippen LogP contribution is 2.20. The summed E-state index contributed by atoms with van der Waals surface area (Å²) < 4.78 is 5.35. The minimum Gasteiger partial charge on any atom is -0.378 e. The van der Waals surface area contributed by atoms with E-state index in [1.165, 1.54) is 5.56 Å². The molecule has 0 bridgehead atoms. The molecule has 1 aromatic carbocycles. The Hall–Kier alpha value is -1.86. The van der Waals surface area contributed by atoms with Gasteiger partial charge >= 0.3 is 0 Å². The Labute approximate surface area is 126 Å². The summed E-state index contributed by atoms with van der Waals surface area (Å²) in [5.41, 5.74) is 3.62. The molecule has 1 aliphatic heterocycles. The zero-order valence-electron chi connectivity index (χ0n) is 13.0. The van der Waals surface area contributed by atoms with Crippen molar-refractivity contribution in [2.24, 2.45) is 0 Å². The number of hydrogen-bond acceptors (Lipinski definition) is 3. The Morgan fingerprint density at radius 1 is 1.38 bits per heavy atom. The van der Waals surface area contributed by atoms with Crippen LogP contribution in [-0.4, -0.2) is 24.7 Å². The molecule has 21 heavy (non-hydrogen) atoms. The van der Waals surface area contributed by atoms with Crippen molar-refractivity contribution in [3.05, 3.63) is 34.4 Å². The van der Waals surface area contributed by atoms with Crippen LogP contribution in [0.25, 0.3) is 0 Å². The summed E-state index contributed by atoms with van der Waals surface area (Å²) in [6.07, 6.45) is 1.76. The standard InChI is InChI=1S/C17H22N2O2/c1-12-7-13(2)15(14(3)8-12)9-16(20)19-17(10-18)5-4-6-21-11-17/h7-8H,4-6,9,11H2,1-3H3,(H,19,20). The Morgan fingerprint density at radius 2 is 2.05 bits per heavy atom. The predicted octanol–water partition coefficient (Wildman–Crippen LogP) is 2.34. The number of ether oxygens (including phenoxy) is 1. The largest absolute Gasteiger partial charge is 0.378 e. The smallest absolute Gasteiger partial charge is 0.225 e. The van der Waals surface area contributed by atoms with E-state index in [4.69, 9.17) is 4.74 Å². The van der Waals surface area contributed by atoms with Crippen molar-refractivity contribution < 1.29 is 9.53 Å². The van der Waals surface area contributed by atoms with E-state index in [1.54, 1.807) is 0 Å². The van der Waals surface area contributed by atoms with Gasteiger partial charge in [0.1, 0.15) is 0 Å². The first-order valence-corrected chi connectivity index (χ1v) is 7.32. The monoisotopic (exact) mass is 286 g/mol. The van der Waals surface area contributed by atoms with E-state index in [0.717, 1.165) is 23.1 Å². The zero-order valence-corrected chi connectivity index (χ0v) is 13.0. The molecule has 4 heteroatoms. The fourth-order valence-corrected chi connectivity index (χ4v) is 2.97. The SMILES string of the molecule is Cc1cc(C)c(CC(=O)NC2(C#N)CCCOC2)c(C)c1. The number of nitriles is 1. The normalized spacial score (nSPS) is 21.6. The van der Waals surface area contributed by atoms with Crippen LogP contribution in [0.4, 0.5) is 0 Å². The van der Waals surface area contributed by atoms with Crippen molar-refractivity contribution in [1.29, 1.82) is 5.26 Å². The van der Waals surface area contributed by atoms with E-state index in [9.17, 15) is 10.1 Å². The van der Waals surface area contributed by atoms with Crippen LogP contribution in [0.5, 0.6) is 0 Å². The van der Waals surface area contributed by atoms with Crippen molar-refractivity contribution >= 4 is 5.91 Å². The van der Waals surface area contributed by atoms with E-state index < -0.39 is 5.54 Å². The van der Waals surface area contributed by atoms with Crippen LogP contribution in [0.1, 0.15) is 35.1 Å². The van der Waals surface area contributed by atoms with Gasteiger partial charge in [-0.2, -0.15) is 5.26 Å². The second-order valence-corrected chi connectivity index (χ2v) is 5.95. The lowest BCUT2D eigenvalue weighted by Gasteiger charge is -2.31. The van der Waals surface area contributed by atoms with Crippen molar-refractivity contribution in [3.8, 4) is 6.07 Å². The summed E-state index contributed by atoms with van der Waals surface area (Å²) in [6, 6.07) is 6.38. The van der Waals surface area contributed by atoms with Crippen LogP contribution in [0, 0.1) is 32.1 Å². The molecular formula is C17H22N2O2. The molecule has 1 saturated heterocycles. The van der Waals surface area contributed by atoms with E-state index >= 15 is 0 Å². The molecule has 1 heterocycles.